The third-order valence-corrected chi connectivity index (χ3v) is 7.29. The van der Waals surface area contributed by atoms with E-state index in [2.05, 4.69) is 49.4 Å². The van der Waals surface area contributed by atoms with Crippen molar-refractivity contribution in [2.45, 2.75) is 76.0 Å². The van der Waals surface area contributed by atoms with Crippen molar-refractivity contribution in [3.8, 4) is 0 Å². The van der Waals surface area contributed by atoms with Crippen molar-refractivity contribution in [2.75, 3.05) is 19.8 Å². The number of allylic oxidation sites excluding steroid dienone is 1. The number of carboxylic acids is 1. The fraction of sp³-hybridized carbons (Fsp3) is 0.607. The minimum atomic E-state index is -0.944. The van der Waals surface area contributed by atoms with E-state index >= 15 is 0 Å². The second kappa shape index (κ2) is 12.6. The van der Waals surface area contributed by atoms with Gasteiger partial charge in [-0.15, -0.1) is 0 Å². The van der Waals surface area contributed by atoms with Crippen LogP contribution in [0.1, 0.15) is 56.9 Å². The quantitative estimate of drug-likeness (QED) is 0.338. The van der Waals surface area contributed by atoms with Crippen LogP contribution in [0.2, 0.25) is 0 Å². The zero-order valence-corrected chi connectivity index (χ0v) is 20.1. The van der Waals surface area contributed by atoms with Crippen LogP contribution in [0.15, 0.2) is 54.6 Å². The lowest BCUT2D eigenvalue weighted by Crippen LogP contribution is -2.30. The molecule has 6 heteroatoms. The normalized spacial score (nSPS) is 30.8. The highest BCUT2D eigenvalue weighted by molar-refractivity contribution is 5.68. The van der Waals surface area contributed by atoms with E-state index in [1.807, 2.05) is 12.1 Å². The SMILES string of the molecule is CC(c1ccccc1)C(/C=C/[C@@H]1[C@H](C/C=C/COCC(=O)O)[C@@H]2CC[C@H]1O2)OC1CCCCO1. The van der Waals surface area contributed by atoms with Crippen LogP contribution in [0.5, 0.6) is 0 Å². The Morgan fingerprint density at radius 3 is 2.74 bits per heavy atom. The van der Waals surface area contributed by atoms with Crippen molar-refractivity contribution in [3.05, 3.63) is 60.2 Å². The Balaban J connectivity index is 1.41. The summed E-state index contributed by atoms with van der Waals surface area (Å²) >= 11 is 0. The summed E-state index contributed by atoms with van der Waals surface area (Å²) in [6.45, 7) is 3.05. The van der Waals surface area contributed by atoms with Gasteiger partial charge in [0.15, 0.2) is 6.29 Å². The monoisotopic (exact) mass is 470 g/mol. The largest absolute Gasteiger partial charge is 0.480 e. The molecule has 0 aromatic heterocycles. The number of carbonyl (C=O) groups is 1. The van der Waals surface area contributed by atoms with E-state index in [4.69, 9.17) is 24.1 Å². The summed E-state index contributed by atoms with van der Waals surface area (Å²) in [5.41, 5.74) is 1.26. The Labute approximate surface area is 202 Å². The highest BCUT2D eigenvalue weighted by atomic mass is 16.7. The van der Waals surface area contributed by atoms with E-state index in [-0.39, 0.29) is 37.1 Å². The molecule has 1 aromatic carbocycles. The maximum Gasteiger partial charge on any atom is 0.329 e. The number of fused-ring (bicyclic) bond motifs is 2. The first kappa shape index (κ1) is 25.1. The summed E-state index contributed by atoms with van der Waals surface area (Å²) in [6, 6.07) is 10.5. The number of benzene rings is 1. The smallest absolute Gasteiger partial charge is 0.329 e. The van der Waals surface area contributed by atoms with Crippen molar-refractivity contribution in [1.29, 1.82) is 0 Å². The molecular formula is C28H38O6. The maximum absolute atomic E-state index is 10.6. The van der Waals surface area contributed by atoms with E-state index < -0.39 is 5.97 Å². The van der Waals surface area contributed by atoms with E-state index in [1.165, 1.54) is 5.56 Å². The van der Waals surface area contributed by atoms with Crippen LogP contribution in [-0.2, 0) is 23.7 Å². The van der Waals surface area contributed by atoms with Crippen molar-refractivity contribution in [1.82, 2.24) is 0 Å². The molecule has 3 aliphatic heterocycles. The fourth-order valence-corrected chi connectivity index (χ4v) is 5.43. The van der Waals surface area contributed by atoms with E-state index in [0.29, 0.717) is 18.4 Å². The van der Waals surface area contributed by atoms with Crippen LogP contribution in [-0.4, -0.2) is 55.5 Å². The number of hydrogen-bond donors (Lipinski definition) is 1. The topological polar surface area (TPSA) is 74.2 Å². The Morgan fingerprint density at radius 1 is 1.15 bits per heavy atom. The molecule has 3 heterocycles. The number of hydrogen-bond acceptors (Lipinski definition) is 5. The Morgan fingerprint density at radius 2 is 1.97 bits per heavy atom. The van der Waals surface area contributed by atoms with Gasteiger partial charge in [0.1, 0.15) is 6.61 Å². The summed E-state index contributed by atoms with van der Waals surface area (Å²) in [5.74, 6) is 0.0430. The molecule has 0 saturated carbocycles. The minimum absolute atomic E-state index is 0.0646. The molecule has 0 radical (unpaired) electrons. The van der Waals surface area contributed by atoms with Crippen molar-refractivity contribution >= 4 is 5.97 Å². The minimum Gasteiger partial charge on any atom is -0.480 e. The number of aliphatic carboxylic acids is 1. The van der Waals surface area contributed by atoms with Crippen LogP contribution in [0.25, 0.3) is 0 Å². The third kappa shape index (κ3) is 6.79. The molecule has 0 amide bonds. The number of carboxylic acid groups (broad SMARTS) is 1. The number of rotatable bonds is 12. The summed E-state index contributed by atoms with van der Waals surface area (Å²) < 4.78 is 23.8. The molecule has 34 heavy (non-hydrogen) atoms. The van der Waals surface area contributed by atoms with Gasteiger partial charge in [0.2, 0.25) is 0 Å². The van der Waals surface area contributed by atoms with Gasteiger partial charge in [0.25, 0.3) is 0 Å². The lowest BCUT2D eigenvalue weighted by molar-refractivity contribution is -0.181. The van der Waals surface area contributed by atoms with Crippen LogP contribution >= 0.6 is 0 Å². The average Bonchev–Trinajstić information content (AvgIpc) is 3.46. The second-order valence-electron chi connectivity index (χ2n) is 9.63. The third-order valence-electron chi connectivity index (χ3n) is 7.29. The number of ether oxygens (including phenoxy) is 4. The van der Waals surface area contributed by atoms with Gasteiger partial charge in [-0.1, -0.05) is 61.6 Å². The van der Waals surface area contributed by atoms with Gasteiger partial charge in [-0.05, 0) is 50.0 Å². The summed E-state index contributed by atoms with van der Waals surface area (Å²) in [6.07, 6.45) is 15.3. The van der Waals surface area contributed by atoms with Crippen molar-refractivity contribution in [2.24, 2.45) is 11.8 Å². The summed E-state index contributed by atoms with van der Waals surface area (Å²) in [5, 5.41) is 8.68. The van der Waals surface area contributed by atoms with E-state index in [1.54, 1.807) is 0 Å². The van der Waals surface area contributed by atoms with Gasteiger partial charge in [-0.2, -0.15) is 0 Å². The zero-order chi connectivity index (χ0) is 23.8. The van der Waals surface area contributed by atoms with Gasteiger partial charge in [0.05, 0.1) is 24.9 Å². The summed E-state index contributed by atoms with van der Waals surface area (Å²) in [4.78, 5) is 10.6. The maximum atomic E-state index is 10.6. The average molecular weight is 471 g/mol. The van der Waals surface area contributed by atoms with Gasteiger partial charge < -0.3 is 24.1 Å². The summed E-state index contributed by atoms with van der Waals surface area (Å²) in [7, 11) is 0. The zero-order valence-electron chi connectivity index (χ0n) is 20.1. The van der Waals surface area contributed by atoms with Gasteiger partial charge in [-0.25, -0.2) is 4.79 Å². The molecule has 3 fully saturated rings. The molecule has 1 aromatic rings. The van der Waals surface area contributed by atoms with Crippen LogP contribution in [0, 0.1) is 11.8 Å². The van der Waals surface area contributed by atoms with Crippen LogP contribution in [0.3, 0.4) is 0 Å². The Kier molecular flexibility index (Phi) is 9.33. The first-order chi connectivity index (χ1) is 16.6. The Bertz CT molecular complexity index is 815. The molecular weight excluding hydrogens is 432 g/mol. The standard InChI is InChI=1S/C28H38O6/c1-20(21-9-3-2-4-10-21)24(34-28-12-6-8-18-32-28)14-13-23-22(25-15-16-26(23)33-25)11-5-7-17-31-19-27(29)30/h2-5,7,9-10,13-14,20,22-26,28H,6,8,11-12,15-19H2,1H3,(H,29,30)/b7-5+,14-13+/t20?,22-,23+,24?,25-,26+,28?/m0/s1. The van der Waals surface area contributed by atoms with Crippen LogP contribution in [0.4, 0.5) is 0 Å². The molecule has 1 N–H and O–H groups in total. The lowest BCUT2D eigenvalue weighted by Gasteiger charge is -2.30. The van der Waals surface area contributed by atoms with Crippen LogP contribution < -0.4 is 0 Å². The highest BCUT2D eigenvalue weighted by Crippen LogP contribution is 2.46. The molecule has 6 nitrogen and oxygen atoms in total. The predicted molar refractivity (Wildman–Crippen MR) is 130 cm³/mol. The lowest BCUT2D eigenvalue weighted by atomic mass is 9.77. The first-order valence-corrected chi connectivity index (χ1v) is 12.7. The molecule has 3 saturated heterocycles. The predicted octanol–water partition coefficient (Wildman–Crippen LogP) is 5.10. The fourth-order valence-electron chi connectivity index (χ4n) is 5.43. The second-order valence-corrected chi connectivity index (χ2v) is 9.63. The van der Waals surface area contributed by atoms with Gasteiger partial charge >= 0.3 is 5.97 Å². The van der Waals surface area contributed by atoms with Crippen molar-refractivity contribution in [3.63, 3.8) is 0 Å². The molecule has 0 spiro atoms. The first-order valence-electron chi connectivity index (χ1n) is 12.7. The molecule has 2 bridgehead atoms. The van der Waals surface area contributed by atoms with Crippen molar-refractivity contribution < 1.29 is 28.8 Å². The molecule has 0 aliphatic carbocycles. The highest BCUT2D eigenvalue weighted by Gasteiger charge is 2.47. The molecule has 3 unspecified atom stereocenters. The van der Waals surface area contributed by atoms with Gasteiger partial charge in [0, 0.05) is 18.4 Å². The van der Waals surface area contributed by atoms with Gasteiger partial charge in [-0.3, -0.25) is 0 Å². The molecule has 3 aliphatic rings. The van der Waals surface area contributed by atoms with E-state index in [9.17, 15) is 4.79 Å². The molecule has 186 valence electrons. The Hall–Kier alpha value is -1.99. The molecule has 4 rings (SSSR count). The van der Waals surface area contributed by atoms with E-state index in [0.717, 1.165) is 45.1 Å². The molecule has 7 atom stereocenters.